The Hall–Kier alpha value is -1.18. The van der Waals surface area contributed by atoms with Gasteiger partial charge in [0.05, 0.1) is 0 Å². The lowest BCUT2D eigenvalue weighted by molar-refractivity contribution is 0.497. The first kappa shape index (κ1) is 10.8. The molecule has 2 heteroatoms. The van der Waals surface area contributed by atoms with Gasteiger partial charge in [0.15, 0.2) is 11.6 Å². The Morgan fingerprint density at radius 2 is 1.17 bits per heavy atom. The van der Waals surface area contributed by atoms with Gasteiger partial charge in [-0.15, -0.1) is 13.2 Å². The van der Waals surface area contributed by atoms with Crippen LogP contribution in [0.25, 0.3) is 0 Å². The molecule has 0 atom stereocenters. The van der Waals surface area contributed by atoms with E-state index in [0.717, 1.165) is 0 Å². The third-order valence-electron chi connectivity index (χ3n) is 1.47. The van der Waals surface area contributed by atoms with Gasteiger partial charge in [-0.2, -0.15) is 0 Å². The molecule has 0 heterocycles. The predicted octanol–water partition coefficient (Wildman–Crippen LogP) is 3.38. The highest BCUT2D eigenvalue weighted by atomic mass is 19.2. The maximum atomic E-state index is 12.6. The monoisotopic (exact) mass is 170 g/mol. The van der Waals surface area contributed by atoms with Crippen LogP contribution in [0, 0.1) is 25.5 Å². The average molecular weight is 170 g/mol. The van der Waals surface area contributed by atoms with Gasteiger partial charge in [0.1, 0.15) is 0 Å². The van der Waals surface area contributed by atoms with Crippen molar-refractivity contribution in [3.05, 3.63) is 48.1 Å². The molecule has 0 saturated carbocycles. The molecule has 0 spiro atoms. The van der Waals surface area contributed by atoms with E-state index in [2.05, 4.69) is 13.2 Å². The third-order valence-corrected chi connectivity index (χ3v) is 1.47. The number of aryl methyl sites for hydroxylation is 2. The van der Waals surface area contributed by atoms with Crippen LogP contribution in [0.4, 0.5) is 8.78 Å². The number of benzene rings is 1. The number of halogens is 2. The fourth-order valence-corrected chi connectivity index (χ4v) is 0.743. The molecule has 12 heavy (non-hydrogen) atoms. The van der Waals surface area contributed by atoms with Gasteiger partial charge < -0.3 is 0 Å². The summed E-state index contributed by atoms with van der Waals surface area (Å²) in [6, 6.07) is 3.13. The van der Waals surface area contributed by atoms with Crippen LogP contribution in [0.2, 0.25) is 0 Å². The van der Waals surface area contributed by atoms with Gasteiger partial charge in [-0.25, -0.2) is 8.78 Å². The molecule has 0 amide bonds. The van der Waals surface area contributed by atoms with Gasteiger partial charge in [0.2, 0.25) is 0 Å². The summed E-state index contributed by atoms with van der Waals surface area (Å²) in [4.78, 5) is 0. The maximum Gasteiger partial charge on any atom is 0.161 e. The molecule has 0 aliphatic rings. The maximum absolute atomic E-state index is 12.6. The Bertz CT molecular complexity index is 240. The lowest BCUT2D eigenvalue weighted by Gasteiger charge is -1.99. The van der Waals surface area contributed by atoms with Gasteiger partial charge in [0.25, 0.3) is 0 Å². The smallest absolute Gasteiger partial charge is 0.161 e. The molecule has 0 aromatic heterocycles. The molecule has 0 aliphatic heterocycles. The minimum Gasteiger partial charge on any atom is -0.203 e. The van der Waals surface area contributed by atoms with Crippen molar-refractivity contribution in [2.75, 3.05) is 0 Å². The topological polar surface area (TPSA) is 0 Å². The van der Waals surface area contributed by atoms with Crippen LogP contribution >= 0.6 is 0 Å². The van der Waals surface area contributed by atoms with E-state index in [1.807, 2.05) is 0 Å². The first-order valence-corrected chi connectivity index (χ1v) is 3.54. The van der Waals surface area contributed by atoms with E-state index < -0.39 is 11.6 Å². The van der Waals surface area contributed by atoms with E-state index in [1.54, 1.807) is 12.1 Å². The lowest BCUT2D eigenvalue weighted by Crippen LogP contribution is -1.91. The fourth-order valence-electron chi connectivity index (χ4n) is 0.743. The predicted molar refractivity (Wildman–Crippen MR) is 47.1 cm³/mol. The van der Waals surface area contributed by atoms with Crippen molar-refractivity contribution in [3.63, 3.8) is 0 Å². The molecule has 1 aromatic rings. The molecular formula is C10H12F2. The quantitative estimate of drug-likeness (QED) is 0.523. The van der Waals surface area contributed by atoms with Crippen LogP contribution in [-0.2, 0) is 0 Å². The van der Waals surface area contributed by atoms with E-state index in [9.17, 15) is 8.78 Å². The SMILES string of the molecule is C=C.Cc1ccc(C)c(F)c1F. The molecule has 1 rings (SSSR count). The summed E-state index contributed by atoms with van der Waals surface area (Å²) < 4.78 is 25.2. The van der Waals surface area contributed by atoms with Crippen molar-refractivity contribution in [2.45, 2.75) is 13.8 Å². The zero-order valence-corrected chi connectivity index (χ0v) is 7.32. The van der Waals surface area contributed by atoms with Gasteiger partial charge in [-0.3, -0.25) is 0 Å². The summed E-state index contributed by atoms with van der Waals surface area (Å²) in [6.45, 7) is 9.08. The van der Waals surface area contributed by atoms with Crippen LogP contribution in [0.3, 0.4) is 0 Å². The summed E-state index contributed by atoms with van der Waals surface area (Å²) in [5.41, 5.74) is 0.700. The van der Waals surface area contributed by atoms with E-state index in [-0.39, 0.29) is 0 Å². The van der Waals surface area contributed by atoms with Crippen molar-refractivity contribution in [3.8, 4) is 0 Å². The van der Waals surface area contributed by atoms with E-state index in [1.165, 1.54) is 13.8 Å². The average Bonchev–Trinajstić information content (AvgIpc) is 2.12. The van der Waals surface area contributed by atoms with Crippen molar-refractivity contribution >= 4 is 0 Å². The van der Waals surface area contributed by atoms with Gasteiger partial charge >= 0.3 is 0 Å². The first-order chi connectivity index (χ1) is 5.63. The van der Waals surface area contributed by atoms with Gasteiger partial charge in [0, 0.05) is 0 Å². The summed E-state index contributed by atoms with van der Waals surface area (Å²) in [6.07, 6.45) is 0. The Balaban J connectivity index is 0.000000561. The first-order valence-electron chi connectivity index (χ1n) is 3.54. The molecule has 0 unspecified atom stereocenters. The second-order valence-corrected chi connectivity index (χ2v) is 2.33. The zero-order chi connectivity index (χ0) is 9.72. The molecule has 0 N–H and O–H groups in total. The summed E-state index contributed by atoms with van der Waals surface area (Å²) >= 11 is 0. The Kier molecular flexibility index (Phi) is 4.19. The number of hydrogen-bond donors (Lipinski definition) is 0. The number of hydrogen-bond acceptors (Lipinski definition) is 0. The van der Waals surface area contributed by atoms with Gasteiger partial charge in [-0.1, -0.05) is 12.1 Å². The molecule has 0 aliphatic carbocycles. The molecule has 1 aromatic carbocycles. The Morgan fingerprint density at radius 3 is 1.42 bits per heavy atom. The van der Waals surface area contributed by atoms with Crippen molar-refractivity contribution in [1.82, 2.24) is 0 Å². The van der Waals surface area contributed by atoms with Crippen LogP contribution in [0.5, 0.6) is 0 Å². The second-order valence-electron chi connectivity index (χ2n) is 2.33. The summed E-state index contributed by atoms with van der Waals surface area (Å²) in [5, 5.41) is 0. The minimum absolute atomic E-state index is 0.350. The highest BCUT2D eigenvalue weighted by Crippen LogP contribution is 2.13. The Labute approximate surface area is 71.5 Å². The van der Waals surface area contributed by atoms with Crippen LogP contribution in [-0.4, -0.2) is 0 Å². The van der Waals surface area contributed by atoms with E-state index >= 15 is 0 Å². The minimum atomic E-state index is -0.736. The van der Waals surface area contributed by atoms with Crippen LogP contribution in [0.1, 0.15) is 11.1 Å². The number of rotatable bonds is 0. The summed E-state index contributed by atoms with van der Waals surface area (Å²) in [7, 11) is 0. The van der Waals surface area contributed by atoms with Crippen molar-refractivity contribution in [1.29, 1.82) is 0 Å². The fraction of sp³-hybridized carbons (Fsp3) is 0.200. The van der Waals surface area contributed by atoms with E-state index in [0.29, 0.717) is 11.1 Å². The van der Waals surface area contributed by atoms with Crippen LogP contribution < -0.4 is 0 Å². The highest BCUT2D eigenvalue weighted by molar-refractivity contribution is 5.23. The second kappa shape index (κ2) is 4.65. The zero-order valence-electron chi connectivity index (χ0n) is 7.32. The summed E-state index contributed by atoms with van der Waals surface area (Å²) in [5.74, 6) is -1.47. The largest absolute Gasteiger partial charge is 0.203 e. The molecular weight excluding hydrogens is 158 g/mol. The van der Waals surface area contributed by atoms with E-state index in [4.69, 9.17) is 0 Å². The molecule has 0 bridgehead atoms. The molecule has 0 radical (unpaired) electrons. The molecule has 66 valence electrons. The molecule has 0 saturated heterocycles. The highest BCUT2D eigenvalue weighted by Gasteiger charge is 2.05. The Morgan fingerprint density at radius 1 is 0.917 bits per heavy atom. The van der Waals surface area contributed by atoms with Crippen LogP contribution in [0.15, 0.2) is 25.3 Å². The molecule has 0 fully saturated rings. The molecule has 0 nitrogen and oxygen atoms in total. The van der Waals surface area contributed by atoms with Crippen molar-refractivity contribution < 1.29 is 8.78 Å². The lowest BCUT2D eigenvalue weighted by atomic mass is 10.1. The third kappa shape index (κ3) is 2.16. The van der Waals surface area contributed by atoms with Gasteiger partial charge in [-0.05, 0) is 25.0 Å². The normalized spacial score (nSPS) is 8.67. The standard InChI is InChI=1S/C8H8F2.C2H4/c1-5-3-4-6(2)8(10)7(5)9;1-2/h3-4H,1-2H3;1-2H2. The van der Waals surface area contributed by atoms with Crippen molar-refractivity contribution in [2.24, 2.45) is 0 Å².